The lowest BCUT2D eigenvalue weighted by Gasteiger charge is -2.13. The van der Waals surface area contributed by atoms with E-state index in [1.807, 2.05) is 25.1 Å². The number of aryl methyl sites for hydroxylation is 1. The van der Waals surface area contributed by atoms with E-state index >= 15 is 0 Å². The summed E-state index contributed by atoms with van der Waals surface area (Å²) in [6.07, 6.45) is 0. The second-order valence-electron chi connectivity index (χ2n) is 5.08. The van der Waals surface area contributed by atoms with Crippen LogP contribution in [0.25, 0.3) is 0 Å². The number of hydrogen-bond donors (Lipinski definition) is 1. The summed E-state index contributed by atoms with van der Waals surface area (Å²) in [6, 6.07) is 10.3. The molecule has 0 unspecified atom stereocenters. The quantitative estimate of drug-likeness (QED) is 0.912. The first-order chi connectivity index (χ1) is 10.0. The van der Waals surface area contributed by atoms with Crippen LogP contribution in [0.4, 0.5) is 4.39 Å². The molecular formula is C17H20FNO2. The molecule has 0 aromatic heterocycles. The number of benzene rings is 2. The molecule has 0 saturated carbocycles. The van der Waals surface area contributed by atoms with Crippen LogP contribution in [0.15, 0.2) is 36.4 Å². The van der Waals surface area contributed by atoms with Gasteiger partial charge in [-0.2, -0.15) is 0 Å². The monoisotopic (exact) mass is 289 g/mol. The fourth-order valence-corrected chi connectivity index (χ4v) is 2.15. The molecule has 1 atom stereocenters. The van der Waals surface area contributed by atoms with Crippen molar-refractivity contribution in [1.82, 2.24) is 0 Å². The minimum Gasteiger partial charge on any atom is -0.496 e. The fraction of sp³-hybridized carbons (Fsp3) is 0.294. The zero-order valence-corrected chi connectivity index (χ0v) is 12.5. The van der Waals surface area contributed by atoms with E-state index in [0.29, 0.717) is 17.9 Å². The normalized spacial score (nSPS) is 12.0. The average Bonchev–Trinajstić information content (AvgIpc) is 2.45. The molecule has 0 radical (unpaired) electrons. The van der Waals surface area contributed by atoms with Crippen LogP contribution in [0.2, 0.25) is 0 Å². The third kappa shape index (κ3) is 3.73. The van der Waals surface area contributed by atoms with Crippen LogP contribution < -0.4 is 15.2 Å². The first-order valence-corrected chi connectivity index (χ1v) is 6.82. The van der Waals surface area contributed by atoms with Crippen LogP contribution in [0.1, 0.15) is 29.7 Å². The van der Waals surface area contributed by atoms with Crippen molar-refractivity contribution in [3.05, 3.63) is 58.9 Å². The molecule has 112 valence electrons. The molecule has 0 aliphatic heterocycles. The first kappa shape index (κ1) is 15.3. The van der Waals surface area contributed by atoms with Gasteiger partial charge in [-0.1, -0.05) is 17.7 Å². The summed E-state index contributed by atoms with van der Waals surface area (Å²) in [5, 5.41) is 0. The largest absolute Gasteiger partial charge is 0.496 e. The van der Waals surface area contributed by atoms with Crippen LogP contribution in [-0.2, 0) is 6.61 Å². The lowest BCUT2D eigenvalue weighted by atomic mass is 10.1. The Labute approximate surface area is 124 Å². The average molecular weight is 289 g/mol. The second-order valence-corrected chi connectivity index (χ2v) is 5.08. The SMILES string of the molecule is COc1ccc(C)cc1COc1ccc([C@H](C)N)c(F)c1. The number of ether oxygens (including phenoxy) is 2. The van der Waals surface area contributed by atoms with Crippen molar-refractivity contribution < 1.29 is 13.9 Å². The van der Waals surface area contributed by atoms with E-state index in [1.54, 1.807) is 26.2 Å². The molecule has 0 aliphatic carbocycles. The summed E-state index contributed by atoms with van der Waals surface area (Å²) in [5.41, 5.74) is 8.21. The molecule has 2 N–H and O–H groups in total. The molecule has 0 spiro atoms. The van der Waals surface area contributed by atoms with E-state index in [9.17, 15) is 4.39 Å². The third-order valence-corrected chi connectivity index (χ3v) is 3.29. The van der Waals surface area contributed by atoms with Gasteiger partial charge in [0.15, 0.2) is 0 Å². The van der Waals surface area contributed by atoms with Crippen molar-refractivity contribution in [1.29, 1.82) is 0 Å². The fourth-order valence-electron chi connectivity index (χ4n) is 2.15. The zero-order chi connectivity index (χ0) is 15.4. The number of rotatable bonds is 5. The Bertz CT molecular complexity index is 626. The van der Waals surface area contributed by atoms with Gasteiger partial charge in [-0.3, -0.25) is 0 Å². The van der Waals surface area contributed by atoms with Gasteiger partial charge < -0.3 is 15.2 Å². The molecule has 4 heteroatoms. The molecule has 0 fully saturated rings. The molecule has 2 aromatic rings. The van der Waals surface area contributed by atoms with Crippen molar-refractivity contribution >= 4 is 0 Å². The molecule has 0 saturated heterocycles. The van der Waals surface area contributed by atoms with E-state index in [0.717, 1.165) is 16.9 Å². The van der Waals surface area contributed by atoms with Crippen LogP contribution >= 0.6 is 0 Å². The van der Waals surface area contributed by atoms with Crippen LogP contribution in [0, 0.1) is 12.7 Å². The van der Waals surface area contributed by atoms with Gasteiger partial charge in [0.2, 0.25) is 0 Å². The van der Waals surface area contributed by atoms with Gasteiger partial charge in [0.05, 0.1) is 7.11 Å². The summed E-state index contributed by atoms with van der Waals surface area (Å²) < 4.78 is 24.8. The number of methoxy groups -OCH3 is 1. The van der Waals surface area contributed by atoms with Crippen LogP contribution in [-0.4, -0.2) is 7.11 Å². The Morgan fingerprint density at radius 2 is 1.95 bits per heavy atom. The maximum absolute atomic E-state index is 13.9. The highest BCUT2D eigenvalue weighted by atomic mass is 19.1. The van der Waals surface area contributed by atoms with Crippen LogP contribution in [0.3, 0.4) is 0 Å². The maximum atomic E-state index is 13.9. The topological polar surface area (TPSA) is 44.5 Å². The summed E-state index contributed by atoms with van der Waals surface area (Å²) >= 11 is 0. The predicted octanol–water partition coefficient (Wildman–Crippen LogP) is 3.74. The van der Waals surface area contributed by atoms with E-state index in [-0.39, 0.29) is 11.9 Å². The third-order valence-electron chi connectivity index (χ3n) is 3.29. The van der Waals surface area contributed by atoms with E-state index in [2.05, 4.69) is 0 Å². The lowest BCUT2D eigenvalue weighted by molar-refractivity contribution is 0.295. The van der Waals surface area contributed by atoms with Gasteiger partial charge in [0.1, 0.15) is 23.9 Å². The second kappa shape index (κ2) is 6.59. The van der Waals surface area contributed by atoms with Crippen LogP contribution in [0.5, 0.6) is 11.5 Å². The lowest BCUT2D eigenvalue weighted by Crippen LogP contribution is -2.07. The van der Waals surface area contributed by atoms with Gasteiger partial charge in [-0.15, -0.1) is 0 Å². The highest BCUT2D eigenvalue weighted by Crippen LogP contribution is 2.24. The Kier molecular flexibility index (Phi) is 4.81. The molecule has 0 aliphatic rings. The minimum absolute atomic E-state index is 0.321. The van der Waals surface area contributed by atoms with Crippen molar-refractivity contribution in [3.63, 3.8) is 0 Å². The molecular weight excluding hydrogens is 269 g/mol. The highest BCUT2D eigenvalue weighted by molar-refractivity contribution is 5.37. The highest BCUT2D eigenvalue weighted by Gasteiger charge is 2.09. The summed E-state index contributed by atoms with van der Waals surface area (Å²) in [4.78, 5) is 0. The van der Waals surface area contributed by atoms with E-state index in [4.69, 9.17) is 15.2 Å². The maximum Gasteiger partial charge on any atom is 0.131 e. The summed E-state index contributed by atoms with van der Waals surface area (Å²) in [6.45, 7) is 4.07. The van der Waals surface area contributed by atoms with Crippen molar-refractivity contribution in [2.75, 3.05) is 7.11 Å². The van der Waals surface area contributed by atoms with Gasteiger partial charge in [0, 0.05) is 23.2 Å². The summed E-state index contributed by atoms with van der Waals surface area (Å²) in [5.74, 6) is 0.882. The molecule has 3 nitrogen and oxygen atoms in total. The summed E-state index contributed by atoms with van der Waals surface area (Å²) in [7, 11) is 1.62. The number of halogens is 1. The minimum atomic E-state index is -0.348. The van der Waals surface area contributed by atoms with Crippen molar-refractivity contribution in [2.45, 2.75) is 26.5 Å². The van der Waals surface area contributed by atoms with Gasteiger partial charge >= 0.3 is 0 Å². The first-order valence-electron chi connectivity index (χ1n) is 6.82. The zero-order valence-electron chi connectivity index (χ0n) is 12.5. The van der Waals surface area contributed by atoms with Gasteiger partial charge in [-0.25, -0.2) is 4.39 Å². The Hall–Kier alpha value is -2.07. The number of hydrogen-bond acceptors (Lipinski definition) is 3. The van der Waals surface area contributed by atoms with Crippen molar-refractivity contribution in [3.8, 4) is 11.5 Å². The van der Waals surface area contributed by atoms with Gasteiger partial charge in [-0.05, 0) is 32.0 Å². The Morgan fingerprint density at radius 3 is 2.57 bits per heavy atom. The molecule has 2 aromatic carbocycles. The molecule has 0 heterocycles. The molecule has 0 amide bonds. The Morgan fingerprint density at radius 1 is 1.19 bits per heavy atom. The molecule has 2 rings (SSSR count). The standard InChI is InChI=1S/C17H20FNO2/c1-11-4-7-17(20-3)13(8-11)10-21-14-5-6-15(12(2)19)16(18)9-14/h4-9,12H,10,19H2,1-3H3/t12-/m0/s1. The number of nitrogens with two attached hydrogens (primary N) is 1. The smallest absolute Gasteiger partial charge is 0.131 e. The Balaban J connectivity index is 2.13. The van der Waals surface area contributed by atoms with E-state index in [1.165, 1.54) is 6.07 Å². The van der Waals surface area contributed by atoms with Crippen molar-refractivity contribution in [2.24, 2.45) is 5.73 Å². The van der Waals surface area contributed by atoms with Gasteiger partial charge in [0.25, 0.3) is 0 Å². The van der Waals surface area contributed by atoms with E-state index < -0.39 is 0 Å². The molecule has 0 bridgehead atoms. The predicted molar refractivity (Wildman–Crippen MR) is 81.1 cm³/mol. The molecule has 21 heavy (non-hydrogen) atoms.